The van der Waals surface area contributed by atoms with Crippen molar-refractivity contribution in [3.05, 3.63) is 0 Å². The van der Waals surface area contributed by atoms with Crippen LogP contribution in [0.2, 0.25) is 0 Å². The maximum atomic E-state index is 11.8. The quantitative estimate of drug-likeness (QED) is 0.284. The van der Waals surface area contributed by atoms with Crippen molar-refractivity contribution in [1.82, 2.24) is 4.90 Å². The molecule has 0 heterocycles. The Morgan fingerprint density at radius 3 is 2.69 bits per heavy atom. The van der Waals surface area contributed by atoms with Gasteiger partial charge in [0.15, 0.2) is 5.84 Å². The van der Waals surface area contributed by atoms with Crippen molar-refractivity contribution in [3.8, 4) is 0 Å². The van der Waals surface area contributed by atoms with Gasteiger partial charge >= 0.3 is 0 Å². The Morgan fingerprint density at radius 2 is 2.25 bits per heavy atom. The van der Waals surface area contributed by atoms with Crippen LogP contribution in [0.5, 0.6) is 0 Å². The molecule has 0 aliphatic carbocycles. The lowest BCUT2D eigenvalue weighted by molar-refractivity contribution is -0.131. The molecule has 94 valence electrons. The van der Waals surface area contributed by atoms with Crippen LogP contribution in [0.15, 0.2) is 5.16 Å². The number of rotatable bonds is 7. The Balaban J connectivity index is 4.20. The van der Waals surface area contributed by atoms with Gasteiger partial charge in [0.2, 0.25) is 5.91 Å². The number of hydrogen-bond acceptors (Lipinski definition) is 4. The van der Waals surface area contributed by atoms with Crippen LogP contribution in [0, 0.1) is 5.92 Å². The van der Waals surface area contributed by atoms with Crippen molar-refractivity contribution in [2.45, 2.75) is 20.3 Å². The molecule has 0 aliphatic heterocycles. The standard InChI is InChI=1S/C10H21N3O3/c1-4-13(6-9(11)12-15)10(14)5-8(2)7-16-3/h8,15H,4-7H2,1-3H3,(H2,11,12). The van der Waals surface area contributed by atoms with E-state index in [4.69, 9.17) is 15.7 Å². The lowest BCUT2D eigenvalue weighted by atomic mass is 10.1. The van der Waals surface area contributed by atoms with Gasteiger partial charge in [-0.2, -0.15) is 0 Å². The predicted molar refractivity (Wildman–Crippen MR) is 61.3 cm³/mol. The Morgan fingerprint density at radius 1 is 1.62 bits per heavy atom. The molecule has 0 aromatic heterocycles. The van der Waals surface area contributed by atoms with Crippen LogP contribution >= 0.6 is 0 Å². The molecule has 0 rings (SSSR count). The molecule has 0 bridgehead atoms. The van der Waals surface area contributed by atoms with E-state index in [1.165, 1.54) is 0 Å². The van der Waals surface area contributed by atoms with Crippen LogP contribution < -0.4 is 5.73 Å². The minimum Gasteiger partial charge on any atom is -0.409 e. The fourth-order valence-corrected chi connectivity index (χ4v) is 1.37. The van der Waals surface area contributed by atoms with Gasteiger partial charge < -0.3 is 20.6 Å². The summed E-state index contributed by atoms with van der Waals surface area (Å²) in [5, 5.41) is 11.3. The molecule has 1 amide bonds. The summed E-state index contributed by atoms with van der Waals surface area (Å²) in [6, 6.07) is 0. The van der Waals surface area contributed by atoms with Crippen LogP contribution in [0.25, 0.3) is 0 Å². The van der Waals surface area contributed by atoms with E-state index >= 15 is 0 Å². The maximum absolute atomic E-state index is 11.8. The van der Waals surface area contributed by atoms with Crippen LogP contribution in [-0.2, 0) is 9.53 Å². The third-order valence-electron chi connectivity index (χ3n) is 2.19. The smallest absolute Gasteiger partial charge is 0.223 e. The van der Waals surface area contributed by atoms with Crippen LogP contribution in [0.1, 0.15) is 20.3 Å². The van der Waals surface area contributed by atoms with E-state index in [0.717, 1.165) is 0 Å². The zero-order valence-corrected chi connectivity index (χ0v) is 10.1. The van der Waals surface area contributed by atoms with Gasteiger partial charge in [-0.25, -0.2) is 0 Å². The highest BCUT2D eigenvalue weighted by atomic mass is 16.5. The Hall–Kier alpha value is -1.30. The number of likely N-dealkylation sites (N-methyl/N-ethyl adjacent to an activating group) is 1. The van der Waals surface area contributed by atoms with Crippen molar-refractivity contribution < 1.29 is 14.7 Å². The average molecular weight is 231 g/mol. The Kier molecular flexibility index (Phi) is 7.28. The number of oxime groups is 1. The molecule has 1 atom stereocenters. The van der Waals surface area contributed by atoms with Gasteiger partial charge in [0, 0.05) is 26.7 Å². The number of carbonyl (C=O) groups excluding carboxylic acids is 1. The largest absolute Gasteiger partial charge is 0.409 e. The third kappa shape index (κ3) is 5.55. The van der Waals surface area contributed by atoms with E-state index in [1.807, 2.05) is 13.8 Å². The predicted octanol–water partition coefficient (Wildman–Crippen LogP) is 0.254. The second-order valence-electron chi connectivity index (χ2n) is 3.76. The highest BCUT2D eigenvalue weighted by Crippen LogP contribution is 2.05. The average Bonchev–Trinajstić information content (AvgIpc) is 2.25. The first-order valence-electron chi connectivity index (χ1n) is 5.28. The van der Waals surface area contributed by atoms with Crippen molar-refractivity contribution in [1.29, 1.82) is 0 Å². The van der Waals surface area contributed by atoms with Crippen LogP contribution in [0.3, 0.4) is 0 Å². The topological polar surface area (TPSA) is 88.1 Å². The molecule has 6 heteroatoms. The fraction of sp³-hybridized carbons (Fsp3) is 0.800. The molecule has 1 unspecified atom stereocenters. The normalized spacial score (nSPS) is 13.6. The van der Waals surface area contributed by atoms with Gasteiger partial charge in [-0.3, -0.25) is 4.79 Å². The summed E-state index contributed by atoms with van der Waals surface area (Å²) in [6.07, 6.45) is 0.403. The van der Waals surface area contributed by atoms with Crippen molar-refractivity contribution in [2.24, 2.45) is 16.8 Å². The second kappa shape index (κ2) is 7.92. The SMILES string of the molecule is CCN(CC(N)=NO)C(=O)CC(C)COC. The molecular weight excluding hydrogens is 210 g/mol. The minimum atomic E-state index is -0.0151. The number of amidine groups is 1. The summed E-state index contributed by atoms with van der Waals surface area (Å²) in [6.45, 7) is 5.04. The van der Waals surface area contributed by atoms with Gasteiger partial charge in [-0.05, 0) is 12.8 Å². The van der Waals surface area contributed by atoms with Gasteiger partial charge in [0.1, 0.15) is 0 Å². The summed E-state index contributed by atoms with van der Waals surface area (Å²) in [7, 11) is 1.61. The lowest BCUT2D eigenvalue weighted by Gasteiger charge is -2.21. The number of ether oxygens (including phenoxy) is 1. The first-order chi connectivity index (χ1) is 7.54. The molecule has 0 spiro atoms. The van der Waals surface area contributed by atoms with Crippen LogP contribution in [-0.4, -0.2) is 48.7 Å². The van der Waals surface area contributed by atoms with Crippen molar-refractivity contribution in [3.63, 3.8) is 0 Å². The lowest BCUT2D eigenvalue weighted by Crippen LogP contribution is -2.39. The van der Waals surface area contributed by atoms with Gasteiger partial charge in [0.05, 0.1) is 6.54 Å². The van der Waals surface area contributed by atoms with Gasteiger partial charge in [-0.15, -0.1) is 0 Å². The molecule has 0 aromatic carbocycles. The molecule has 0 saturated carbocycles. The zero-order valence-electron chi connectivity index (χ0n) is 10.1. The van der Waals surface area contributed by atoms with E-state index in [0.29, 0.717) is 19.6 Å². The number of methoxy groups -OCH3 is 1. The third-order valence-corrected chi connectivity index (χ3v) is 2.19. The van der Waals surface area contributed by atoms with Crippen molar-refractivity contribution >= 4 is 11.7 Å². The number of hydrogen-bond donors (Lipinski definition) is 2. The summed E-state index contributed by atoms with van der Waals surface area (Å²) in [5.74, 6) is 0.187. The summed E-state index contributed by atoms with van der Waals surface area (Å²) < 4.78 is 4.96. The summed E-state index contributed by atoms with van der Waals surface area (Å²) in [5.41, 5.74) is 5.36. The highest BCUT2D eigenvalue weighted by molar-refractivity contribution is 5.86. The van der Waals surface area contributed by atoms with E-state index in [-0.39, 0.29) is 24.2 Å². The van der Waals surface area contributed by atoms with Gasteiger partial charge in [0.25, 0.3) is 0 Å². The van der Waals surface area contributed by atoms with Gasteiger partial charge in [-0.1, -0.05) is 12.1 Å². The second-order valence-corrected chi connectivity index (χ2v) is 3.76. The summed E-state index contributed by atoms with van der Waals surface area (Å²) in [4.78, 5) is 13.3. The Labute approximate surface area is 96.0 Å². The van der Waals surface area contributed by atoms with E-state index in [9.17, 15) is 4.79 Å². The molecular formula is C10H21N3O3. The number of nitrogens with two attached hydrogens (primary N) is 1. The Bertz CT molecular complexity index is 243. The molecule has 0 radical (unpaired) electrons. The number of amides is 1. The zero-order chi connectivity index (χ0) is 12.6. The molecule has 6 nitrogen and oxygen atoms in total. The molecule has 0 aromatic rings. The first kappa shape index (κ1) is 14.7. The van der Waals surface area contributed by atoms with E-state index < -0.39 is 0 Å². The van der Waals surface area contributed by atoms with Crippen LogP contribution in [0.4, 0.5) is 0 Å². The molecule has 0 saturated heterocycles. The number of carbonyl (C=O) groups is 1. The fourth-order valence-electron chi connectivity index (χ4n) is 1.37. The molecule has 0 fully saturated rings. The van der Waals surface area contributed by atoms with E-state index in [1.54, 1.807) is 12.0 Å². The monoisotopic (exact) mass is 231 g/mol. The highest BCUT2D eigenvalue weighted by Gasteiger charge is 2.16. The molecule has 0 aliphatic rings. The maximum Gasteiger partial charge on any atom is 0.223 e. The van der Waals surface area contributed by atoms with E-state index in [2.05, 4.69) is 5.16 Å². The number of nitrogens with zero attached hydrogens (tertiary/aromatic N) is 2. The molecule has 3 N–H and O–H groups in total. The molecule has 16 heavy (non-hydrogen) atoms. The minimum absolute atomic E-state index is 0.0151. The van der Waals surface area contributed by atoms with Crippen molar-refractivity contribution in [2.75, 3.05) is 26.8 Å². The summed E-state index contributed by atoms with van der Waals surface area (Å²) >= 11 is 0. The first-order valence-corrected chi connectivity index (χ1v) is 5.28.